The van der Waals surface area contributed by atoms with E-state index in [9.17, 15) is 9.90 Å². The molecule has 0 unspecified atom stereocenters. The van der Waals surface area contributed by atoms with Gasteiger partial charge >= 0.3 is 0 Å². The van der Waals surface area contributed by atoms with Crippen molar-refractivity contribution < 1.29 is 9.90 Å². The van der Waals surface area contributed by atoms with Gasteiger partial charge in [0.25, 0.3) is 0 Å². The van der Waals surface area contributed by atoms with Crippen molar-refractivity contribution >= 4 is 12.1 Å². The van der Waals surface area contributed by atoms with Gasteiger partial charge < -0.3 is 10.4 Å². The van der Waals surface area contributed by atoms with E-state index in [4.69, 9.17) is 0 Å². The summed E-state index contributed by atoms with van der Waals surface area (Å²) in [4.78, 5) is 10.1. The summed E-state index contributed by atoms with van der Waals surface area (Å²) in [7, 11) is 0. The van der Waals surface area contributed by atoms with E-state index in [2.05, 4.69) is 5.32 Å². The average molecular weight is 151 g/mol. The number of rotatable bonds is 2. The molecule has 0 aliphatic carbocycles. The van der Waals surface area contributed by atoms with Crippen molar-refractivity contribution in [3.8, 4) is 5.75 Å². The highest BCUT2D eigenvalue weighted by Crippen LogP contribution is 2.25. The zero-order chi connectivity index (χ0) is 8.27. The van der Waals surface area contributed by atoms with Crippen LogP contribution in [0.2, 0.25) is 0 Å². The summed E-state index contributed by atoms with van der Waals surface area (Å²) in [5.74, 6) is 0.0945. The summed E-state index contributed by atoms with van der Waals surface area (Å²) in [6.45, 7) is 1.81. The first-order chi connectivity index (χ1) is 5.25. The van der Waals surface area contributed by atoms with E-state index in [1.165, 1.54) is 6.07 Å². The Morgan fingerprint density at radius 1 is 1.55 bits per heavy atom. The quantitative estimate of drug-likeness (QED) is 0.494. The molecule has 3 heteroatoms. The number of amides is 1. The molecule has 0 saturated heterocycles. The lowest BCUT2D eigenvalue weighted by atomic mass is 10.2. The summed E-state index contributed by atoms with van der Waals surface area (Å²) in [6, 6.07) is 5.06. The number of hydrogen-bond donors (Lipinski definition) is 2. The second-order valence-electron chi connectivity index (χ2n) is 2.23. The number of carbonyl (C=O) groups excluding carboxylic acids is 1. The molecule has 11 heavy (non-hydrogen) atoms. The summed E-state index contributed by atoms with van der Waals surface area (Å²) < 4.78 is 0. The predicted octanol–water partition coefficient (Wildman–Crippen LogP) is 1.27. The summed E-state index contributed by atoms with van der Waals surface area (Å²) in [5, 5.41) is 11.6. The molecule has 0 radical (unpaired) electrons. The first-order valence-corrected chi connectivity index (χ1v) is 3.24. The maximum absolute atomic E-state index is 10.1. The van der Waals surface area contributed by atoms with Crippen molar-refractivity contribution in [2.24, 2.45) is 0 Å². The maximum Gasteiger partial charge on any atom is 0.211 e. The zero-order valence-corrected chi connectivity index (χ0v) is 6.16. The first-order valence-electron chi connectivity index (χ1n) is 3.24. The number of hydrogen-bond acceptors (Lipinski definition) is 2. The Kier molecular flexibility index (Phi) is 2.11. The number of phenols is 1. The van der Waals surface area contributed by atoms with E-state index >= 15 is 0 Å². The second kappa shape index (κ2) is 3.05. The van der Waals surface area contributed by atoms with Gasteiger partial charge in [-0.2, -0.15) is 0 Å². The molecular formula is C8H9NO2. The fourth-order valence-electron chi connectivity index (χ4n) is 0.899. The van der Waals surface area contributed by atoms with Crippen LogP contribution in [-0.4, -0.2) is 11.5 Å². The molecular weight excluding hydrogens is 142 g/mol. The molecule has 0 saturated carbocycles. The van der Waals surface area contributed by atoms with Crippen LogP contribution in [0.3, 0.4) is 0 Å². The molecule has 1 amide bonds. The lowest BCUT2D eigenvalue weighted by Gasteiger charge is -2.04. The highest BCUT2D eigenvalue weighted by molar-refractivity contribution is 5.77. The Bertz CT molecular complexity index is 251. The molecule has 3 nitrogen and oxygen atoms in total. The minimum absolute atomic E-state index is 0.0945. The Hall–Kier alpha value is -1.51. The molecule has 0 aliphatic rings. The van der Waals surface area contributed by atoms with Gasteiger partial charge in [0.05, 0.1) is 5.69 Å². The van der Waals surface area contributed by atoms with E-state index in [-0.39, 0.29) is 5.75 Å². The van der Waals surface area contributed by atoms with Crippen LogP contribution in [0.15, 0.2) is 18.2 Å². The zero-order valence-electron chi connectivity index (χ0n) is 6.16. The van der Waals surface area contributed by atoms with Gasteiger partial charge in [-0.1, -0.05) is 12.1 Å². The monoisotopic (exact) mass is 151 g/mol. The minimum Gasteiger partial charge on any atom is -0.506 e. The fraction of sp³-hybridized carbons (Fsp3) is 0.125. The van der Waals surface area contributed by atoms with Crippen LogP contribution in [0.25, 0.3) is 0 Å². The average Bonchev–Trinajstić information content (AvgIpc) is 1.97. The lowest BCUT2D eigenvalue weighted by molar-refractivity contribution is -0.105. The van der Waals surface area contributed by atoms with Crippen molar-refractivity contribution in [3.05, 3.63) is 23.8 Å². The number of aromatic hydroxyl groups is 1. The van der Waals surface area contributed by atoms with E-state index in [1.807, 2.05) is 13.0 Å². The van der Waals surface area contributed by atoms with Crippen LogP contribution in [0.1, 0.15) is 5.56 Å². The molecule has 0 heterocycles. The van der Waals surface area contributed by atoms with Crippen LogP contribution in [0.4, 0.5) is 5.69 Å². The van der Waals surface area contributed by atoms with Crippen molar-refractivity contribution in [3.63, 3.8) is 0 Å². The standard InChI is InChI=1S/C8H9NO2/c1-6-3-2-4-7(11)8(6)9-5-10/h2-5,11H,1H3,(H,9,10). The van der Waals surface area contributed by atoms with Gasteiger partial charge in [-0.3, -0.25) is 4.79 Å². The number of benzene rings is 1. The van der Waals surface area contributed by atoms with Crippen LogP contribution in [0.5, 0.6) is 5.75 Å². The van der Waals surface area contributed by atoms with E-state index < -0.39 is 0 Å². The molecule has 0 spiro atoms. The number of anilines is 1. The van der Waals surface area contributed by atoms with Gasteiger partial charge in [-0.25, -0.2) is 0 Å². The number of carbonyl (C=O) groups is 1. The highest BCUT2D eigenvalue weighted by Gasteiger charge is 2.00. The smallest absolute Gasteiger partial charge is 0.211 e. The minimum atomic E-state index is 0.0945. The van der Waals surface area contributed by atoms with Crippen LogP contribution in [-0.2, 0) is 4.79 Å². The lowest BCUT2D eigenvalue weighted by Crippen LogP contribution is -1.96. The predicted molar refractivity (Wildman–Crippen MR) is 42.5 cm³/mol. The van der Waals surface area contributed by atoms with Crippen LogP contribution < -0.4 is 5.32 Å². The van der Waals surface area contributed by atoms with Crippen molar-refractivity contribution in [2.75, 3.05) is 5.32 Å². The second-order valence-corrected chi connectivity index (χ2v) is 2.23. The third-order valence-corrected chi connectivity index (χ3v) is 1.45. The summed E-state index contributed by atoms with van der Waals surface area (Å²) >= 11 is 0. The molecule has 0 aromatic heterocycles. The SMILES string of the molecule is Cc1cccc(O)c1NC=O. The van der Waals surface area contributed by atoms with Crippen molar-refractivity contribution in [1.29, 1.82) is 0 Å². The van der Waals surface area contributed by atoms with E-state index in [1.54, 1.807) is 6.07 Å². The molecule has 0 fully saturated rings. The molecule has 1 aromatic rings. The molecule has 1 aromatic carbocycles. The topological polar surface area (TPSA) is 49.3 Å². The Labute approximate surface area is 64.7 Å². The molecule has 0 atom stereocenters. The van der Waals surface area contributed by atoms with Gasteiger partial charge in [0.2, 0.25) is 6.41 Å². The van der Waals surface area contributed by atoms with Gasteiger partial charge in [0.15, 0.2) is 0 Å². The van der Waals surface area contributed by atoms with Gasteiger partial charge in [-0.15, -0.1) is 0 Å². The summed E-state index contributed by atoms with van der Waals surface area (Å²) in [5.41, 5.74) is 1.32. The van der Waals surface area contributed by atoms with E-state index in [0.29, 0.717) is 12.1 Å². The first kappa shape index (κ1) is 7.60. The largest absolute Gasteiger partial charge is 0.506 e. The number of phenolic OH excluding ortho intramolecular Hbond substituents is 1. The Morgan fingerprint density at radius 3 is 2.82 bits per heavy atom. The normalized spacial score (nSPS) is 9.18. The van der Waals surface area contributed by atoms with Gasteiger partial charge in [0.1, 0.15) is 5.75 Å². The van der Waals surface area contributed by atoms with Crippen molar-refractivity contribution in [2.45, 2.75) is 6.92 Å². The van der Waals surface area contributed by atoms with Gasteiger partial charge in [0, 0.05) is 0 Å². The van der Waals surface area contributed by atoms with Crippen LogP contribution >= 0.6 is 0 Å². The maximum atomic E-state index is 10.1. The number of nitrogens with one attached hydrogen (secondary N) is 1. The molecule has 0 aliphatic heterocycles. The van der Waals surface area contributed by atoms with Gasteiger partial charge in [-0.05, 0) is 18.6 Å². The third kappa shape index (κ3) is 1.49. The van der Waals surface area contributed by atoms with Crippen LogP contribution in [0, 0.1) is 6.92 Å². The van der Waals surface area contributed by atoms with Crippen molar-refractivity contribution in [1.82, 2.24) is 0 Å². The molecule has 0 bridgehead atoms. The number of para-hydroxylation sites is 1. The number of aryl methyl sites for hydroxylation is 1. The Balaban J connectivity index is 3.09. The highest BCUT2D eigenvalue weighted by atomic mass is 16.3. The third-order valence-electron chi connectivity index (χ3n) is 1.45. The Morgan fingerprint density at radius 2 is 2.27 bits per heavy atom. The molecule has 1 rings (SSSR count). The summed E-state index contributed by atoms with van der Waals surface area (Å²) in [6.07, 6.45) is 0.544. The molecule has 58 valence electrons. The van der Waals surface area contributed by atoms with E-state index in [0.717, 1.165) is 5.56 Å². The fourth-order valence-corrected chi connectivity index (χ4v) is 0.899. The molecule has 2 N–H and O–H groups in total.